The Morgan fingerprint density at radius 2 is 1.90 bits per heavy atom. The minimum atomic E-state index is -0.366. The highest BCUT2D eigenvalue weighted by molar-refractivity contribution is 8.00. The summed E-state index contributed by atoms with van der Waals surface area (Å²) in [6.45, 7) is 6.05. The topological polar surface area (TPSA) is 69.9 Å². The van der Waals surface area contributed by atoms with Gasteiger partial charge in [-0.3, -0.25) is 4.79 Å². The van der Waals surface area contributed by atoms with E-state index in [0.29, 0.717) is 11.1 Å². The predicted octanol–water partition coefficient (Wildman–Crippen LogP) is 2.44. The molecule has 112 valence electrons. The van der Waals surface area contributed by atoms with Crippen LogP contribution in [0.4, 0.5) is 0 Å². The highest BCUT2D eigenvalue weighted by Gasteiger charge is 2.19. The molecule has 0 bridgehead atoms. The monoisotopic (exact) mass is 306 g/mol. The number of thioether (sulfide) groups is 1. The van der Waals surface area contributed by atoms with Crippen LogP contribution in [0.5, 0.6) is 0 Å². The fraction of sp³-hybridized carbons (Fsp3) is 0.429. The van der Waals surface area contributed by atoms with Crippen molar-refractivity contribution in [2.24, 2.45) is 0 Å². The quantitative estimate of drug-likeness (QED) is 0.624. The molecule has 0 aliphatic carbocycles. The van der Waals surface area contributed by atoms with Gasteiger partial charge in [-0.1, -0.05) is 37.7 Å². The van der Waals surface area contributed by atoms with Gasteiger partial charge in [0.1, 0.15) is 5.25 Å². The molecule has 0 amide bonds. The van der Waals surface area contributed by atoms with Gasteiger partial charge >= 0.3 is 5.97 Å². The normalized spacial score (nSPS) is 12.4. The van der Waals surface area contributed by atoms with E-state index in [0.717, 1.165) is 5.69 Å². The minimum Gasteiger partial charge on any atom is -0.468 e. The van der Waals surface area contributed by atoms with E-state index in [9.17, 15) is 4.79 Å². The molecule has 0 saturated heterocycles. The maximum absolute atomic E-state index is 11.5. The first-order valence-electron chi connectivity index (χ1n) is 6.66. The first-order valence-corrected chi connectivity index (χ1v) is 7.54. The van der Waals surface area contributed by atoms with E-state index in [4.69, 9.17) is 4.74 Å². The summed E-state index contributed by atoms with van der Waals surface area (Å²) in [5.41, 5.74) is 2.12. The number of aromatic nitrogens is 4. The molecule has 0 aliphatic rings. The number of nitrogens with zero attached hydrogens (tertiary/aromatic N) is 4. The van der Waals surface area contributed by atoms with Crippen molar-refractivity contribution in [2.45, 2.75) is 37.1 Å². The second-order valence-electron chi connectivity index (χ2n) is 4.90. The molecule has 0 spiro atoms. The SMILES string of the molecule is COC(=O)[C@H](C)Sc1nnnn1-c1ccc(C(C)C)cc1. The van der Waals surface area contributed by atoms with Crippen LogP contribution in [-0.2, 0) is 9.53 Å². The fourth-order valence-electron chi connectivity index (χ4n) is 1.79. The van der Waals surface area contributed by atoms with Crippen molar-refractivity contribution >= 4 is 17.7 Å². The molecule has 0 saturated carbocycles. The van der Waals surface area contributed by atoms with Crippen LogP contribution < -0.4 is 0 Å². The molecule has 0 radical (unpaired) electrons. The molecule has 6 nitrogen and oxygen atoms in total. The lowest BCUT2D eigenvalue weighted by molar-refractivity contribution is -0.139. The lowest BCUT2D eigenvalue weighted by Gasteiger charge is -2.10. The summed E-state index contributed by atoms with van der Waals surface area (Å²) in [4.78, 5) is 11.5. The number of carbonyl (C=O) groups excluding carboxylic acids is 1. The summed E-state index contributed by atoms with van der Waals surface area (Å²) >= 11 is 1.27. The van der Waals surface area contributed by atoms with Gasteiger partial charge in [-0.25, -0.2) is 0 Å². The Bertz CT molecular complexity index is 610. The van der Waals surface area contributed by atoms with Crippen molar-refractivity contribution in [1.29, 1.82) is 0 Å². The fourth-order valence-corrected chi connectivity index (χ4v) is 2.62. The molecule has 2 aromatic rings. The number of benzene rings is 1. The maximum Gasteiger partial charge on any atom is 0.318 e. The van der Waals surface area contributed by atoms with Crippen molar-refractivity contribution < 1.29 is 9.53 Å². The standard InChI is InChI=1S/C14H18N4O2S/c1-9(2)11-5-7-12(8-6-11)18-14(15-16-17-18)21-10(3)13(19)20-4/h5-10H,1-4H3/t10-/m0/s1. The second-order valence-corrected chi connectivity index (χ2v) is 6.21. The van der Waals surface area contributed by atoms with Crippen LogP contribution in [0.2, 0.25) is 0 Å². The largest absolute Gasteiger partial charge is 0.468 e. The molecule has 0 fully saturated rings. The van der Waals surface area contributed by atoms with Gasteiger partial charge < -0.3 is 4.74 Å². The van der Waals surface area contributed by atoms with E-state index in [1.807, 2.05) is 12.1 Å². The Balaban J connectivity index is 2.21. The van der Waals surface area contributed by atoms with Crippen molar-refractivity contribution in [3.63, 3.8) is 0 Å². The molecule has 0 unspecified atom stereocenters. The second kappa shape index (κ2) is 6.71. The van der Waals surface area contributed by atoms with Gasteiger partial charge in [-0.15, -0.1) is 5.10 Å². The third kappa shape index (κ3) is 3.60. The van der Waals surface area contributed by atoms with Crippen LogP contribution in [0.15, 0.2) is 29.4 Å². The summed E-state index contributed by atoms with van der Waals surface area (Å²) < 4.78 is 6.33. The van der Waals surface area contributed by atoms with Gasteiger partial charge in [0, 0.05) is 0 Å². The maximum atomic E-state index is 11.5. The minimum absolute atomic E-state index is 0.301. The number of carbonyl (C=O) groups is 1. The third-order valence-electron chi connectivity index (χ3n) is 3.06. The van der Waals surface area contributed by atoms with Gasteiger partial charge in [0.2, 0.25) is 5.16 Å². The zero-order chi connectivity index (χ0) is 15.4. The molecule has 0 N–H and O–H groups in total. The van der Waals surface area contributed by atoms with E-state index in [1.165, 1.54) is 24.4 Å². The smallest absolute Gasteiger partial charge is 0.318 e. The molecule has 21 heavy (non-hydrogen) atoms. The van der Waals surface area contributed by atoms with Crippen molar-refractivity contribution in [2.75, 3.05) is 7.11 Å². The third-order valence-corrected chi connectivity index (χ3v) is 4.07. The van der Waals surface area contributed by atoms with E-state index in [-0.39, 0.29) is 11.2 Å². The summed E-state index contributed by atoms with van der Waals surface area (Å²) in [7, 11) is 1.37. The van der Waals surface area contributed by atoms with Gasteiger partial charge in [-0.2, -0.15) is 4.68 Å². The Morgan fingerprint density at radius 1 is 1.24 bits per heavy atom. The van der Waals surface area contributed by atoms with E-state index >= 15 is 0 Å². The molecule has 7 heteroatoms. The predicted molar refractivity (Wildman–Crippen MR) is 80.6 cm³/mol. The number of methoxy groups -OCH3 is 1. The summed E-state index contributed by atoms with van der Waals surface area (Å²) in [6, 6.07) is 8.05. The van der Waals surface area contributed by atoms with Crippen molar-refractivity contribution in [3.8, 4) is 5.69 Å². The summed E-state index contributed by atoms with van der Waals surface area (Å²) in [6.07, 6.45) is 0. The molecule has 2 rings (SSSR count). The van der Waals surface area contributed by atoms with Crippen LogP contribution in [0.1, 0.15) is 32.3 Å². The van der Waals surface area contributed by atoms with Crippen LogP contribution >= 0.6 is 11.8 Å². The van der Waals surface area contributed by atoms with E-state index in [1.54, 1.807) is 11.6 Å². The van der Waals surface area contributed by atoms with Gasteiger partial charge in [0.15, 0.2) is 0 Å². The van der Waals surface area contributed by atoms with Gasteiger partial charge in [0.05, 0.1) is 12.8 Å². The van der Waals surface area contributed by atoms with Crippen LogP contribution in [0, 0.1) is 0 Å². The molecular formula is C14H18N4O2S. The highest BCUT2D eigenvalue weighted by atomic mass is 32.2. The first kappa shape index (κ1) is 15.5. The molecule has 1 atom stereocenters. The molecule has 1 heterocycles. The van der Waals surface area contributed by atoms with E-state index in [2.05, 4.69) is 41.5 Å². The lowest BCUT2D eigenvalue weighted by Crippen LogP contribution is -2.15. The van der Waals surface area contributed by atoms with Gasteiger partial charge in [-0.05, 0) is 41.0 Å². The number of rotatable bonds is 5. The van der Waals surface area contributed by atoms with Crippen LogP contribution in [-0.4, -0.2) is 38.5 Å². The zero-order valence-electron chi connectivity index (χ0n) is 12.5. The number of ether oxygens (including phenoxy) is 1. The molecule has 0 aliphatic heterocycles. The molecule has 1 aromatic carbocycles. The number of hydrogen-bond donors (Lipinski definition) is 0. The van der Waals surface area contributed by atoms with Crippen LogP contribution in [0.25, 0.3) is 5.69 Å². The number of hydrogen-bond acceptors (Lipinski definition) is 6. The Morgan fingerprint density at radius 3 is 2.48 bits per heavy atom. The number of esters is 1. The van der Waals surface area contributed by atoms with Crippen LogP contribution in [0.3, 0.4) is 0 Å². The molecule has 1 aromatic heterocycles. The average molecular weight is 306 g/mol. The first-order chi connectivity index (χ1) is 10.0. The average Bonchev–Trinajstić information content (AvgIpc) is 2.94. The van der Waals surface area contributed by atoms with Crippen molar-refractivity contribution in [3.05, 3.63) is 29.8 Å². The summed E-state index contributed by atoms with van der Waals surface area (Å²) in [5, 5.41) is 11.8. The Hall–Kier alpha value is -1.89. The number of tetrazole rings is 1. The Labute approximate surface area is 127 Å². The highest BCUT2D eigenvalue weighted by Crippen LogP contribution is 2.24. The lowest BCUT2D eigenvalue weighted by atomic mass is 10.0. The summed E-state index contributed by atoms with van der Waals surface area (Å²) in [5.74, 6) is 0.172. The Kier molecular flexibility index (Phi) is 4.95. The zero-order valence-corrected chi connectivity index (χ0v) is 13.3. The van der Waals surface area contributed by atoms with E-state index < -0.39 is 0 Å². The van der Waals surface area contributed by atoms with Gasteiger partial charge in [0.25, 0.3) is 0 Å². The molecular weight excluding hydrogens is 288 g/mol. The van der Waals surface area contributed by atoms with Crippen molar-refractivity contribution in [1.82, 2.24) is 20.2 Å².